The highest BCUT2D eigenvalue weighted by Crippen LogP contribution is 2.42. The van der Waals surface area contributed by atoms with Crippen LogP contribution in [0.15, 0.2) is 0 Å². The Morgan fingerprint density at radius 3 is 2.94 bits per heavy atom. The molecule has 2 aliphatic rings. The van der Waals surface area contributed by atoms with Crippen LogP contribution in [0.3, 0.4) is 0 Å². The molecule has 0 aromatic carbocycles. The van der Waals surface area contributed by atoms with E-state index in [9.17, 15) is 5.11 Å². The molecule has 1 heterocycles. The van der Waals surface area contributed by atoms with E-state index in [2.05, 4.69) is 17.1 Å². The molecule has 94 valence electrons. The van der Waals surface area contributed by atoms with Gasteiger partial charge in [-0.3, -0.25) is 4.90 Å². The minimum absolute atomic E-state index is 0.112. The molecular weight excluding hydrogens is 200 g/mol. The van der Waals surface area contributed by atoms with Gasteiger partial charge in [-0.2, -0.15) is 0 Å². The summed E-state index contributed by atoms with van der Waals surface area (Å²) in [6.07, 6.45) is 6.23. The number of hydrogen-bond acceptors (Lipinski definition) is 3. The Balaban J connectivity index is 2.11. The highest BCUT2D eigenvalue weighted by Gasteiger charge is 2.45. The molecule has 3 nitrogen and oxygen atoms in total. The molecule has 1 saturated heterocycles. The quantitative estimate of drug-likeness (QED) is 0.759. The minimum atomic E-state index is 0.112. The summed E-state index contributed by atoms with van der Waals surface area (Å²) in [5.41, 5.74) is 0.112. The van der Waals surface area contributed by atoms with Gasteiger partial charge in [0.2, 0.25) is 0 Å². The minimum Gasteiger partial charge on any atom is -0.394 e. The molecule has 0 aromatic rings. The third-order valence-electron chi connectivity index (χ3n) is 4.66. The van der Waals surface area contributed by atoms with Gasteiger partial charge >= 0.3 is 0 Å². The first-order valence-corrected chi connectivity index (χ1v) is 6.90. The van der Waals surface area contributed by atoms with Gasteiger partial charge in [0.1, 0.15) is 0 Å². The lowest BCUT2D eigenvalue weighted by molar-refractivity contribution is 0.00239. The van der Waals surface area contributed by atoms with Crippen molar-refractivity contribution in [3.63, 3.8) is 0 Å². The summed E-state index contributed by atoms with van der Waals surface area (Å²) in [6, 6.07) is 0. The molecule has 2 fully saturated rings. The third kappa shape index (κ3) is 2.13. The zero-order chi connectivity index (χ0) is 11.4. The van der Waals surface area contributed by atoms with Crippen molar-refractivity contribution in [1.29, 1.82) is 0 Å². The van der Waals surface area contributed by atoms with Crippen molar-refractivity contribution in [2.75, 3.05) is 32.8 Å². The molecule has 2 rings (SSSR count). The summed E-state index contributed by atoms with van der Waals surface area (Å²) >= 11 is 0. The monoisotopic (exact) mass is 226 g/mol. The second kappa shape index (κ2) is 5.48. The van der Waals surface area contributed by atoms with Crippen LogP contribution in [0.4, 0.5) is 0 Å². The van der Waals surface area contributed by atoms with Crippen LogP contribution in [-0.2, 0) is 0 Å². The fraction of sp³-hybridized carbons (Fsp3) is 1.00. The standard InChI is InChI=1S/C13H26N2O/c1-2-12-5-3-6-13(12,11-16)15-9-4-7-14-8-10-15/h12,14,16H,2-11H2,1H3. The van der Waals surface area contributed by atoms with Crippen LogP contribution in [0, 0.1) is 5.92 Å². The fourth-order valence-electron chi connectivity index (χ4n) is 3.73. The predicted molar refractivity (Wildman–Crippen MR) is 66.5 cm³/mol. The summed E-state index contributed by atoms with van der Waals surface area (Å²) in [7, 11) is 0. The van der Waals surface area contributed by atoms with Crippen molar-refractivity contribution >= 4 is 0 Å². The van der Waals surface area contributed by atoms with Gasteiger partial charge in [-0.05, 0) is 31.7 Å². The molecule has 0 bridgehead atoms. The zero-order valence-corrected chi connectivity index (χ0v) is 10.5. The highest BCUT2D eigenvalue weighted by molar-refractivity contribution is 5.00. The Morgan fingerprint density at radius 2 is 2.19 bits per heavy atom. The average Bonchev–Trinajstić information content (AvgIpc) is 2.55. The van der Waals surface area contributed by atoms with Crippen LogP contribution >= 0.6 is 0 Å². The van der Waals surface area contributed by atoms with E-state index in [-0.39, 0.29) is 5.54 Å². The zero-order valence-electron chi connectivity index (χ0n) is 10.5. The van der Waals surface area contributed by atoms with Crippen molar-refractivity contribution in [2.45, 2.75) is 44.6 Å². The topological polar surface area (TPSA) is 35.5 Å². The Morgan fingerprint density at radius 1 is 1.31 bits per heavy atom. The van der Waals surface area contributed by atoms with Gasteiger partial charge in [0.05, 0.1) is 6.61 Å². The summed E-state index contributed by atoms with van der Waals surface area (Å²) in [5, 5.41) is 13.4. The van der Waals surface area contributed by atoms with Crippen LogP contribution in [-0.4, -0.2) is 48.3 Å². The van der Waals surface area contributed by atoms with Gasteiger partial charge in [0.25, 0.3) is 0 Å². The molecule has 0 amide bonds. The van der Waals surface area contributed by atoms with Gasteiger partial charge in [0, 0.05) is 25.2 Å². The van der Waals surface area contributed by atoms with Crippen LogP contribution in [0.25, 0.3) is 0 Å². The number of aliphatic hydroxyl groups excluding tert-OH is 1. The lowest BCUT2D eigenvalue weighted by atomic mass is 9.84. The van der Waals surface area contributed by atoms with Crippen molar-refractivity contribution in [2.24, 2.45) is 5.92 Å². The number of nitrogens with zero attached hydrogens (tertiary/aromatic N) is 1. The van der Waals surface area contributed by atoms with E-state index in [0.29, 0.717) is 12.5 Å². The molecule has 1 aliphatic carbocycles. The summed E-state index contributed by atoms with van der Waals surface area (Å²) in [6.45, 7) is 7.11. The predicted octanol–water partition coefficient (Wildman–Crippen LogP) is 1.22. The van der Waals surface area contributed by atoms with E-state index >= 15 is 0 Å². The highest BCUT2D eigenvalue weighted by atomic mass is 16.3. The van der Waals surface area contributed by atoms with Crippen molar-refractivity contribution in [1.82, 2.24) is 10.2 Å². The van der Waals surface area contributed by atoms with Crippen molar-refractivity contribution < 1.29 is 5.11 Å². The van der Waals surface area contributed by atoms with E-state index in [1.807, 2.05) is 0 Å². The van der Waals surface area contributed by atoms with Gasteiger partial charge in [-0.25, -0.2) is 0 Å². The molecule has 16 heavy (non-hydrogen) atoms. The fourth-order valence-corrected chi connectivity index (χ4v) is 3.73. The first-order valence-electron chi connectivity index (χ1n) is 6.90. The van der Waals surface area contributed by atoms with Gasteiger partial charge < -0.3 is 10.4 Å². The Kier molecular flexibility index (Phi) is 4.22. The van der Waals surface area contributed by atoms with Crippen molar-refractivity contribution in [3.05, 3.63) is 0 Å². The molecule has 2 N–H and O–H groups in total. The normalized spacial score (nSPS) is 37.5. The first-order chi connectivity index (χ1) is 7.83. The maximum Gasteiger partial charge on any atom is 0.0618 e. The van der Waals surface area contributed by atoms with Crippen molar-refractivity contribution in [3.8, 4) is 0 Å². The second-order valence-corrected chi connectivity index (χ2v) is 5.35. The molecule has 0 spiro atoms. The maximum absolute atomic E-state index is 9.90. The smallest absolute Gasteiger partial charge is 0.0618 e. The van der Waals surface area contributed by atoms with Gasteiger partial charge in [-0.15, -0.1) is 0 Å². The van der Waals surface area contributed by atoms with Gasteiger partial charge in [0.15, 0.2) is 0 Å². The molecule has 0 radical (unpaired) electrons. The average molecular weight is 226 g/mol. The summed E-state index contributed by atoms with van der Waals surface area (Å²) in [4.78, 5) is 2.58. The van der Waals surface area contributed by atoms with Crippen LogP contribution in [0.2, 0.25) is 0 Å². The number of rotatable bonds is 3. The Labute approximate surface area is 99.2 Å². The Bertz CT molecular complexity index is 214. The molecule has 2 unspecified atom stereocenters. The number of hydrogen-bond donors (Lipinski definition) is 2. The number of nitrogens with one attached hydrogen (secondary N) is 1. The molecule has 3 heteroatoms. The lowest BCUT2D eigenvalue weighted by Crippen LogP contribution is -2.55. The molecule has 1 saturated carbocycles. The molecule has 0 aromatic heterocycles. The SMILES string of the molecule is CCC1CCCC1(CO)N1CCCNCC1. The Hall–Kier alpha value is -0.120. The maximum atomic E-state index is 9.90. The summed E-state index contributed by atoms with van der Waals surface area (Å²) < 4.78 is 0. The van der Waals surface area contributed by atoms with E-state index in [1.165, 1.54) is 32.1 Å². The van der Waals surface area contributed by atoms with Gasteiger partial charge in [-0.1, -0.05) is 19.8 Å². The third-order valence-corrected chi connectivity index (χ3v) is 4.66. The van der Waals surface area contributed by atoms with E-state index < -0.39 is 0 Å². The van der Waals surface area contributed by atoms with E-state index in [1.54, 1.807) is 0 Å². The van der Waals surface area contributed by atoms with Crippen LogP contribution in [0.5, 0.6) is 0 Å². The van der Waals surface area contributed by atoms with Crippen LogP contribution < -0.4 is 5.32 Å². The number of aliphatic hydroxyl groups is 1. The summed E-state index contributed by atoms with van der Waals surface area (Å²) in [5.74, 6) is 0.704. The second-order valence-electron chi connectivity index (χ2n) is 5.35. The first kappa shape index (κ1) is 12.3. The largest absolute Gasteiger partial charge is 0.394 e. The van der Waals surface area contributed by atoms with E-state index in [4.69, 9.17) is 0 Å². The van der Waals surface area contributed by atoms with Crippen LogP contribution in [0.1, 0.15) is 39.0 Å². The molecule has 2 atom stereocenters. The molecule has 1 aliphatic heterocycles. The molecular formula is C13H26N2O. The van der Waals surface area contributed by atoms with E-state index in [0.717, 1.165) is 26.2 Å². The lowest BCUT2D eigenvalue weighted by Gasteiger charge is -2.44.